The molecule has 0 spiro atoms. The van der Waals surface area contributed by atoms with Gasteiger partial charge in [0.2, 0.25) is 0 Å². The molecule has 31 heavy (non-hydrogen) atoms. The zero-order valence-corrected chi connectivity index (χ0v) is 17.4. The van der Waals surface area contributed by atoms with Crippen molar-refractivity contribution in [1.82, 2.24) is 10.2 Å². The third-order valence-corrected chi connectivity index (χ3v) is 4.58. The number of halogens is 1. The van der Waals surface area contributed by atoms with Gasteiger partial charge in [0.25, 0.3) is 5.88 Å². The van der Waals surface area contributed by atoms with E-state index in [4.69, 9.17) is 21.1 Å². The van der Waals surface area contributed by atoms with Crippen LogP contribution in [0.5, 0.6) is 11.6 Å². The summed E-state index contributed by atoms with van der Waals surface area (Å²) in [7, 11) is 0. The van der Waals surface area contributed by atoms with Crippen LogP contribution in [0.2, 0.25) is 5.02 Å². The van der Waals surface area contributed by atoms with E-state index in [0.29, 0.717) is 35.6 Å². The molecule has 0 atom stereocenters. The van der Waals surface area contributed by atoms with Gasteiger partial charge in [-0.25, -0.2) is 0 Å². The molecule has 0 N–H and O–H groups in total. The van der Waals surface area contributed by atoms with Crippen molar-refractivity contribution in [2.75, 3.05) is 0 Å². The Kier molecular flexibility index (Phi) is 6.79. The summed E-state index contributed by atoms with van der Waals surface area (Å²) in [5, 5.41) is 9.03. The highest BCUT2D eigenvalue weighted by molar-refractivity contribution is 6.30. The van der Waals surface area contributed by atoms with Gasteiger partial charge in [0.05, 0.1) is 0 Å². The molecule has 1 heterocycles. The summed E-state index contributed by atoms with van der Waals surface area (Å²) in [6.45, 7) is 0.750. The fourth-order valence-electron chi connectivity index (χ4n) is 2.79. The fourth-order valence-corrected chi connectivity index (χ4v) is 2.98. The van der Waals surface area contributed by atoms with Crippen LogP contribution in [0.15, 0.2) is 91.0 Å². The predicted molar refractivity (Wildman–Crippen MR) is 121 cm³/mol. The zero-order valence-electron chi connectivity index (χ0n) is 16.7. The minimum Gasteiger partial charge on any atom is -0.483 e. The number of nitrogens with zero attached hydrogens (tertiary/aromatic N) is 2. The van der Waals surface area contributed by atoms with Gasteiger partial charge >= 0.3 is 0 Å². The van der Waals surface area contributed by atoms with E-state index in [9.17, 15) is 0 Å². The van der Waals surface area contributed by atoms with E-state index in [1.54, 1.807) is 18.2 Å². The van der Waals surface area contributed by atoms with Crippen LogP contribution in [0.1, 0.15) is 22.4 Å². The Morgan fingerprint density at radius 3 is 2.03 bits per heavy atom. The first-order valence-electron chi connectivity index (χ1n) is 9.75. The van der Waals surface area contributed by atoms with Crippen LogP contribution >= 0.6 is 11.6 Å². The normalized spacial score (nSPS) is 10.1. The summed E-state index contributed by atoms with van der Waals surface area (Å²) in [4.78, 5) is 0. The predicted octanol–water partition coefficient (Wildman–Crippen LogP) is 5.69. The molecule has 4 rings (SSSR count). The maximum absolute atomic E-state index is 6.03. The first kappa shape index (κ1) is 20.5. The molecule has 3 aromatic carbocycles. The molecule has 0 amide bonds. The van der Waals surface area contributed by atoms with E-state index in [-0.39, 0.29) is 0 Å². The summed E-state index contributed by atoms with van der Waals surface area (Å²) >= 11 is 6.03. The van der Waals surface area contributed by atoms with Gasteiger partial charge in [0, 0.05) is 16.7 Å². The van der Waals surface area contributed by atoms with Gasteiger partial charge in [0.1, 0.15) is 18.9 Å². The minimum absolute atomic E-state index is 0.327. The highest BCUT2D eigenvalue weighted by Crippen LogP contribution is 2.26. The smallest absolute Gasteiger partial charge is 0.276 e. The van der Waals surface area contributed by atoms with Crippen LogP contribution in [-0.4, -0.2) is 10.2 Å². The van der Waals surface area contributed by atoms with E-state index in [0.717, 1.165) is 16.7 Å². The molecule has 0 saturated heterocycles. The number of hydrogen-bond donors (Lipinski definition) is 0. The van der Waals surface area contributed by atoms with E-state index >= 15 is 0 Å². The summed E-state index contributed by atoms with van der Waals surface area (Å²) in [6, 6.07) is 28.9. The SMILES string of the molecule is Clc1cccc(C#Cc2cc(OCc3ccccc3)c(OCc3ccccc3)nn2)c1. The van der Waals surface area contributed by atoms with Gasteiger partial charge in [-0.05, 0) is 35.2 Å². The molecule has 0 aliphatic carbocycles. The van der Waals surface area contributed by atoms with Crippen molar-refractivity contribution < 1.29 is 9.47 Å². The zero-order chi connectivity index (χ0) is 21.3. The number of benzene rings is 3. The average Bonchev–Trinajstić information content (AvgIpc) is 2.82. The highest BCUT2D eigenvalue weighted by Gasteiger charge is 2.11. The lowest BCUT2D eigenvalue weighted by molar-refractivity contribution is 0.244. The molecule has 0 bridgehead atoms. The third kappa shape index (κ3) is 6.08. The van der Waals surface area contributed by atoms with Crippen molar-refractivity contribution >= 4 is 11.6 Å². The molecule has 4 aromatic rings. The minimum atomic E-state index is 0.327. The second-order valence-corrected chi connectivity index (χ2v) is 7.14. The van der Waals surface area contributed by atoms with Crippen LogP contribution < -0.4 is 9.47 Å². The molecular weight excluding hydrogens is 408 g/mol. The van der Waals surface area contributed by atoms with Gasteiger partial charge in [-0.1, -0.05) is 84.3 Å². The summed E-state index contributed by atoms with van der Waals surface area (Å²) in [5.41, 5.74) is 3.35. The van der Waals surface area contributed by atoms with Crippen molar-refractivity contribution in [2.24, 2.45) is 0 Å². The average molecular weight is 427 g/mol. The van der Waals surface area contributed by atoms with Crippen LogP contribution in [0, 0.1) is 11.8 Å². The second kappa shape index (κ2) is 10.3. The summed E-state index contributed by atoms with van der Waals surface area (Å²) in [5.74, 6) is 6.87. The Labute approximate surface area is 186 Å². The first-order valence-corrected chi connectivity index (χ1v) is 10.1. The Hall–Kier alpha value is -3.81. The van der Waals surface area contributed by atoms with Gasteiger partial charge in [-0.3, -0.25) is 0 Å². The molecule has 0 aliphatic heterocycles. The molecule has 0 fully saturated rings. The molecule has 152 valence electrons. The largest absolute Gasteiger partial charge is 0.483 e. The van der Waals surface area contributed by atoms with Crippen molar-refractivity contribution in [3.8, 4) is 23.5 Å². The first-order chi connectivity index (χ1) is 15.3. The summed E-state index contributed by atoms with van der Waals surface area (Å²) < 4.78 is 11.9. The standard InChI is InChI=1S/C26H19ClN2O2/c27-23-13-7-12-20(16-23)14-15-24-17-25(30-18-21-8-3-1-4-9-21)26(29-28-24)31-19-22-10-5-2-6-11-22/h1-13,16-17H,18-19H2. The Balaban J connectivity index is 1.56. The van der Waals surface area contributed by atoms with E-state index < -0.39 is 0 Å². The molecule has 4 nitrogen and oxygen atoms in total. The van der Waals surface area contributed by atoms with Crippen LogP contribution in [0.4, 0.5) is 0 Å². The maximum Gasteiger partial charge on any atom is 0.276 e. The summed E-state index contributed by atoms with van der Waals surface area (Å²) in [6.07, 6.45) is 0. The van der Waals surface area contributed by atoms with Crippen molar-refractivity contribution in [1.29, 1.82) is 0 Å². The van der Waals surface area contributed by atoms with Crippen molar-refractivity contribution in [2.45, 2.75) is 13.2 Å². The second-order valence-electron chi connectivity index (χ2n) is 6.71. The van der Waals surface area contributed by atoms with Crippen molar-refractivity contribution in [3.63, 3.8) is 0 Å². The monoisotopic (exact) mass is 426 g/mol. The van der Waals surface area contributed by atoms with Crippen LogP contribution in [0.25, 0.3) is 0 Å². The van der Waals surface area contributed by atoms with Gasteiger partial charge in [-0.2, -0.15) is 0 Å². The number of ether oxygens (including phenoxy) is 2. The third-order valence-electron chi connectivity index (χ3n) is 4.34. The van der Waals surface area contributed by atoms with E-state index in [1.165, 1.54) is 0 Å². The lowest BCUT2D eigenvalue weighted by Crippen LogP contribution is -2.04. The lowest BCUT2D eigenvalue weighted by atomic mass is 10.2. The number of aromatic nitrogens is 2. The number of rotatable bonds is 6. The van der Waals surface area contributed by atoms with Crippen LogP contribution in [-0.2, 0) is 13.2 Å². The molecule has 0 unspecified atom stereocenters. The van der Waals surface area contributed by atoms with E-state index in [1.807, 2.05) is 72.8 Å². The Morgan fingerprint density at radius 2 is 1.35 bits per heavy atom. The molecular formula is C26H19ClN2O2. The molecule has 0 aliphatic rings. The van der Waals surface area contributed by atoms with Crippen molar-refractivity contribution in [3.05, 3.63) is 118 Å². The molecule has 0 radical (unpaired) electrons. The maximum atomic E-state index is 6.03. The molecule has 5 heteroatoms. The Morgan fingerprint density at radius 1 is 0.677 bits per heavy atom. The van der Waals surface area contributed by atoms with Gasteiger partial charge in [-0.15, -0.1) is 10.2 Å². The van der Waals surface area contributed by atoms with E-state index in [2.05, 4.69) is 22.0 Å². The lowest BCUT2D eigenvalue weighted by Gasteiger charge is -2.11. The fraction of sp³-hybridized carbons (Fsp3) is 0.0769. The highest BCUT2D eigenvalue weighted by atomic mass is 35.5. The Bertz CT molecular complexity index is 1200. The van der Waals surface area contributed by atoms with Gasteiger partial charge < -0.3 is 9.47 Å². The quantitative estimate of drug-likeness (QED) is 0.371. The van der Waals surface area contributed by atoms with Gasteiger partial charge in [0.15, 0.2) is 5.75 Å². The topological polar surface area (TPSA) is 44.2 Å². The molecule has 1 aromatic heterocycles. The van der Waals surface area contributed by atoms with Crippen LogP contribution in [0.3, 0.4) is 0 Å². The number of hydrogen-bond acceptors (Lipinski definition) is 4. The molecule has 0 saturated carbocycles.